The second kappa shape index (κ2) is 10.0. The Morgan fingerprint density at radius 1 is 0.907 bits per heavy atom. The molecule has 11 heteroatoms. The summed E-state index contributed by atoms with van der Waals surface area (Å²) in [6.07, 6.45) is 5.82. The van der Waals surface area contributed by atoms with Crippen LogP contribution in [0.25, 0.3) is 0 Å². The van der Waals surface area contributed by atoms with Crippen molar-refractivity contribution in [2.75, 3.05) is 19.7 Å². The third-order valence-electron chi connectivity index (χ3n) is 11.9. The van der Waals surface area contributed by atoms with Crippen molar-refractivity contribution in [2.45, 2.75) is 80.8 Å². The van der Waals surface area contributed by atoms with E-state index >= 15 is 0 Å². The van der Waals surface area contributed by atoms with Gasteiger partial charge in [0.25, 0.3) is 10.1 Å². The number of carbonyl (C=O) groups is 3. The monoisotopic (exact) mass is 613 g/mol. The van der Waals surface area contributed by atoms with Gasteiger partial charge in [-0.1, -0.05) is 30.3 Å². The normalized spacial score (nSPS) is 42.5. The van der Waals surface area contributed by atoms with E-state index in [1.807, 2.05) is 30.3 Å². The summed E-state index contributed by atoms with van der Waals surface area (Å²) in [5.74, 6) is -1.97. The second-order valence-corrected chi connectivity index (χ2v) is 16.1. The van der Waals surface area contributed by atoms with Crippen LogP contribution in [0.2, 0.25) is 0 Å². The smallest absolute Gasteiger partial charge is 0.344 e. The van der Waals surface area contributed by atoms with Gasteiger partial charge in [0.1, 0.15) is 23.1 Å². The predicted molar refractivity (Wildman–Crippen MR) is 150 cm³/mol. The molecule has 6 saturated carbocycles. The molecule has 0 amide bonds. The van der Waals surface area contributed by atoms with Crippen LogP contribution < -0.4 is 5.32 Å². The summed E-state index contributed by atoms with van der Waals surface area (Å²) in [5.41, 5.74) is -0.485. The van der Waals surface area contributed by atoms with Crippen molar-refractivity contribution in [3.05, 3.63) is 35.9 Å². The molecule has 0 radical (unpaired) electrons. The number of esters is 3. The average molecular weight is 614 g/mol. The molecule has 1 aromatic rings. The Morgan fingerprint density at radius 3 is 2.21 bits per heavy atom. The lowest BCUT2D eigenvalue weighted by molar-refractivity contribution is -0.183. The summed E-state index contributed by atoms with van der Waals surface area (Å²) >= 11 is 0. The minimum Gasteiger partial charge on any atom is -0.457 e. The molecular formula is C32H39NO9S. The third-order valence-corrected chi connectivity index (χ3v) is 13.7. The molecule has 1 aromatic carbocycles. The van der Waals surface area contributed by atoms with Gasteiger partial charge in [-0.3, -0.25) is 13.8 Å². The van der Waals surface area contributed by atoms with Gasteiger partial charge in [0.2, 0.25) is 0 Å². The Morgan fingerprint density at radius 2 is 1.56 bits per heavy atom. The molecule has 6 atom stereocenters. The van der Waals surface area contributed by atoms with Crippen LogP contribution in [0.5, 0.6) is 0 Å². The lowest BCUT2D eigenvalue weighted by Gasteiger charge is -2.55. The Kier molecular flexibility index (Phi) is 6.52. The fraction of sp³-hybridized carbons (Fsp3) is 0.719. The summed E-state index contributed by atoms with van der Waals surface area (Å²) in [6.45, 7) is 0.790. The van der Waals surface area contributed by atoms with Crippen LogP contribution in [-0.2, 0) is 48.5 Å². The summed E-state index contributed by atoms with van der Waals surface area (Å²) < 4.78 is 49.4. The van der Waals surface area contributed by atoms with Gasteiger partial charge in [-0.2, -0.15) is 8.42 Å². The first-order valence-electron chi connectivity index (χ1n) is 15.9. The molecule has 0 spiro atoms. The van der Waals surface area contributed by atoms with Crippen LogP contribution in [0.4, 0.5) is 0 Å². The fourth-order valence-corrected chi connectivity index (χ4v) is 12.6. The first kappa shape index (κ1) is 28.0. The van der Waals surface area contributed by atoms with Crippen LogP contribution >= 0.6 is 0 Å². The third kappa shape index (κ3) is 4.47. The molecule has 10 nitrogen and oxygen atoms in total. The lowest BCUT2D eigenvalue weighted by Crippen LogP contribution is -2.51. The zero-order valence-corrected chi connectivity index (χ0v) is 25.0. The zero-order chi connectivity index (χ0) is 29.6. The number of ether oxygens (including phenoxy) is 3. The number of hydrogen-bond donors (Lipinski definition) is 1. The highest BCUT2D eigenvalue weighted by Gasteiger charge is 2.72. The highest BCUT2D eigenvalue weighted by molar-refractivity contribution is 7.87. The van der Waals surface area contributed by atoms with Gasteiger partial charge in [0, 0.05) is 24.7 Å². The molecule has 0 aromatic heterocycles. The second-order valence-electron chi connectivity index (χ2n) is 14.4. The number of benzene rings is 1. The standard InChI is InChI=1S/C32H39NO9S/c34-24(17-39-30(36)31-14-18-10-19(15-31)12-20(11-18)16-31)40-26-22-13-23-27(26)42-43(37,38)28(23)25(22)29(35)41-32(6-8-33-9-7-32)21-4-2-1-3-5-21/h1-5,18-20,22-23,25-28,33H,6-17H2. The van der Waals surface area contributed by atoms with E-state index in [2.05, 4.69) is 5.32 Å². The first-order chi connectivity index (χ1) is 20.7. The van der Waals surface area contributed by atoms with Gasteiger partial charge in [-0.05, 0) is 81.4 Å². The first-order valence-corrected chi connectivity index (χ1v) is 17.4. The number of hydrogen-bond acceptors (Lipinski definition) is 10. The van der Waals surface area contributed by atoms with Crippen LogP contribution in [0.3, 0.4) is 0 Å². The number of nitrogens with one attached hydrogen (secondary N) is 1. The molecule has 2 heterocycles. The van der Waals surface area contributed by atoms with Crippen molar-refractivity contribution in [2.24, 2.45) is 40.9 Å². The van der Waals surface area contributed by atoms with Crippen molar-refractivity contribution in [1.29, 1.82) is 0 Å². The van der Waals surface area contributed by atoms with E-state index in [0.29, 0.717) is 50.1 Å². The molecule has 232 valence electrons. The van der Waals surface area contributed by atoms with Crippen molar-refractivity contribution < 1.29 is 41.2 Å². The largest absolute Gasteiger partial charge is 0.457 e. The van der Waals surface area contributed by atoms with E-state index in [1.165, 1.54) is 19.3 Å². The fourth-order valence-electron chi connectivity index (χ4n) is 10.6. The topological polar surface area (TPSA) is 134 Å². The van der Waals surface area contributed by atoms with Crippen LogP contribution in [0.15, 0.2) is 30.3 Å². The van der Waals surface area contributed by atoms with Crippen molar-refractivity contribution in [1.82, 2.24) is 5.32 Å². The molecule has 2 aliphatic heterocycles. The van der Waals surface area contributed by atoms with Gasteiger partial charge in [0.05, 0.1) is 11.3 Å². The van der Waals surface area contributed by atoms with Gasteiger partial charge in [-0.15, -0.1) is 0 Å². The van der Waals surface area contributed by atoms with Gasteiger partial charge in [-0.25, -0.2) is 4.79 Å². The van der Waals surface area contributed by atoms with E-state index in [9.17, 15) is 22.8 Å². The number of rotatable bonds is 7. The summed E-state index contributed by atoms with van der Waals surface area (Å²) in [5, 5.41) is 2.28. The van der Waals surface area contributed by atoms with Crippen molar-refractivity contribution in [3.8, 4) is 0 Å². The number of piperidine rings is 1. The van der Waals surface area contributed by atoms with E-state index < -0.39 is 74.9 Å². The van der Waals surface area contributed by atoms with E-state index in [4.69, 9.17) is 18.4 Å². The SMILES string of the molecule is O=C(COC(=O)C12CC3CC(CC(C3)C1)C2)OC1C2CC3C1OS(=O)(=O)C3C2C(=O)OC1(c2ccccc2)CCNCC1. The van der Waals surface area contributed by atoms with Crippen LogP contribution in [0.1, 0.15) is 63.4 Å². The van der Waals surface area contributed by atoms with Crippen molar-refractivity contribution >= 4 is 28.0 Å². The molecule has 1 N–H and O–H groups in total. The van der Waals surface area contributed by atoms with Gasteiger partial charge in [0.15, 0.2) is 6.61 Å². The minimum atomic E-state index is -4.06. The Hall–Kier alpha value is -2.50. The number of carbonyl (C=O) groups excluding carboxylic acids is 3. The van der Waals surface area contributed by atoms with E-state index in [-0.39, 0.29) is 5.97 Å². The van der Waals surface area contributed by atoms with Crippen LogP contribution in [0, 0.1) is 40.9 Å². The highest BCUT2D eigenvalue weighted by atomic mass is 32.2. The Labute approximate surface area is 251 Å². The maximum Gasteiger partial charge on any atom is 0.344 e. The molecule has 8 aliphatic rings. The maximum atomic E-state index is 13.9. The maximum absolute atomic E-state index is 13.9. The van der Waals surface area contributed by atoms with Gasteiger partial charge >= 0.3 is 17.9 Å². The summed E-state index contributed by atoms with van der Waals surface area (Å²) in [6, 6.07) is 9.56. The van der Waals surface area contributed by atoms with E-state index in [1.54, 1.807) is 0 Å². The molecule has 6 bridgehead atoms. The minimum absolute atomic E-state index is 0.314. The summed E-state index contributed by atoms with van der Waals surface area (Å²) in [7, 11) is -4.06. The molecule has 2 saturated heterocycles. The quantitative estimate of drug-likeness (QED) is 0.278. The molecule has 6 aliphatic carbocycles. The summed E-state index contributed by atoms with van der Waals surface area (Å²) in [4.78, 5) is 40.2. The molecule has 43 heavy (non-hydrogen) atoms. The molecule has 6 unspecified atom stereocenters. The zero-order valence-electron chi connectivity index (χ0n) is 24.2. The van der Waals surface area contributed by atoms with Gasteiger partial charge < -0.3 is 19.5 Å². The highest BCUT2D eigenvalue weighted by Crippen LogP contribution is 2.61. The predicted octanol–water partition coefficient (Wildman–Crippen LogP) is 2.84. The Balaban J connectivity index is 0.971. The number of fused-ring (bicyclic) bond motifs is 1. The van der Waals surface area contributed by atoms with Crippen molar-refractivity contribution in [3.63, 3.8) is 0 Å². The average Bonchev–Trinajstić information content (AvgIpc) is 3.59. The van der Waals surface area contributed by atoms with Crippen LogP contribution in [-0.4, -0.2) is 63.5 Å². The molecule has 9 rings (SSSR count). The lowest BCUT2D eigenvalue weighted by atomic mass is 9.49. The Bertz CT molecular complexity index is 1390. The molecule has 8 fully saturated rings. The van der Waals surface area contributed by atoms with E-state index in [0.717, 1.165) is 24.8 Å². The molecular weight excluding hydrogens is 574 g/mol.